The van der Waals surface area contributed by atoms with Crippen LogP contribution in [0.1, 0.15) is 24.5 Å². The lowest BCUT2D eigenvalue weighted by atomic mass is 10.1. The standard InChI is InChI=1S/C14H21BrN2O.ClH/c1-3-16-8-9-17-14(18)7-5-12-4-6-13(15)11(2)10-12;/h4,6,10,16H,3,5,7-9H2,1-2H3,(H,17,18);1H. The first-order chi connectivity index (χ1) is 8.63. The molecule has 2 N–H and O–H groups in total. The summed E-state index contributed by atoms with van der Waals surface area (Å²) in [5.74, 6) is 0.119. The number of nitrogens with one attached hydrogen (secondary N) is 2. The van der Waals surface area contributed by atoms with Crippen LogP contribution < -0.4 is 10.6 Å². The Labute approximate surface area is 130 Å². The van der Waals surface area contributed by atoms with Gasteiger partial charge in [0.1, 0.15) is 0 Å². The first-order valence-corrected chi connectivity index (χ1v) is 7.15. The molecule has 1 aromatic carbocycles. The third-order valence-corrected chi connectivity index (χ3v) is 3.63. The van der Waals surface area contributed by atoms with Gasteiger partial charge in [0.2, 0.25) is 5.91 Å². The maximum Gasteiger partial charge on any atom is 0.220 e. The summed E-state index contributed by atoms with van der Waals surface area (Å²) in [6.45, 7) is 6.58. The van der Waals surface area contributed by atoms with Crippen molar-refractivity contribution < 1.29 is 4.79 Å². The molecule has 0 heterocycles. The minimum absolute atomic E-state index is 0. The minimum Gasteiger partial charge on any atom is -0.355 e. The van der Waals surface area contributed by atoms with Gasteiger partial charge in [0, 0.05) is 24.0 Å². The molecule has 0 saturated carbocycles. The van der Waals surface area contributed by atoms with E-state index >= 15 is 0 Å². The zero-order chi connectivity index (χ0) is 13.4. The predicted octanol–water partition coefficient (Wildman–Crippen LogP) is 2.84. The summed E-state index contributed by atoms with van der Waals surface area (Å²) in [5, 5.41) is 6.07. The molecule has 108 valence electrons. The van der Waals surface area contributed by atoms with Crippen molar-refractivity contribution in [1.29, 1.82) is 0 Å². The zero-order valence-electron chi connectivity index (χ0n) is 11.5. The second-order valence-electron chi connectivity index (χ2n) is 4.29. The van der Waals surface area contributed by atoms with E-state index in [0.717, 1.165) is 24.0 Å². The number of rotatable bonds is 7. The number of hydrogen-bond acceptors (Lipinski definition) is 2. The van der Waals surface area contributed by atoms with Gasteiger partial charge in [-0.2, -0.15) is 0 Å². The average Bonchev–Trinajstić information content (AvgIpc) is 2.36. The molecule has 0 spiro atoms. The number of carbonyl (C=O) groups excluding carboxylic acids is 1. The fourth-order valence-corrected chi connectivity index (χ4v) is 1.92. The molecule has 0 atom stereocenters. The van der Waals surface area contributed by atoms with E-state index in [0.29, 0.717) is 13.0 Å². The zero-order valence-corrected chi connectivity index (χ0v) is 13.9. The van der Waals surface area contributed by atoms with Crippen LogP contribution in [0, 0.1) is 6.92 Å². The number of hydrogen-bond donors (Lipinski definition) is 2. The molecule has 0 unspecified atom stereocenters. The van der Waals surface area contributed by atoms with Gasteiger partial charge in [-0.15, -0.1) is 12.4 Å². The van der Waals surface area contributed by atoms with E-state index in [4.69, 9.17) is 0 Å². The third kappa shape index (κ3) is 7.55. The highest BCUT2D eigenvalue weighted by Crippen LogP contribution is 2.17. The molecule has 0 radical (unpaired) electrons. The quantitative estimate of drug-likeness (QED) is 0.743. The van der Waals surface area contributed by atoms with Gasteiger partial charge in [0.15, 0.2) is 0 Å². The SMILES string of the molecule is CCNCCNC(=O)CCc1ccc(Br)c(C)c1.Cl. The molecule has 0 aliphatic heterocycles. The highest BCUT2D eigenvalue weighted by molar-refractivity contribution is 9.10. The fourth-order valence-electron chi connectivity index (χ4n) is 1.68. The van der Waals surface area contributed by atoms with Gasteiger partial charge in [-0.1, -0.05) is 35.0 Å². The molecule has 0 fully saturated rings. The van der Waals surface area contributed by atoms with E-state index in [1.165, 1.54) is 11.1 Å². The van der Waals surface area contributed by atoms with Crippen LogP contribution in [0.2, 0.25) is 0 Å². The molecule has 0 saturated heterocycles. The Balaban J connectivity index is 0.00000324. The first-order valence-electron chi connectivity index (χ1n) is 6.36. The van der Waals surface area contributed by atoms with E-state index in [1.807, 2.05) is 6.07 Å². The van der Waals surface area contributed by atoms with Crippen LogP contribution >= 0.6 is 28.3 Å². The Morgan fingerprint density at radius 3 is 2.68 bits per heavy atom. The number of aryl methyl sites for hydroxylation is 2. The summed E-state index contributed by atoms with van der Waals surface area (Å²) in [4.78, 5) is 11.6. The number of likely N-dealkylation sites (N-methyl/N-ethyl adjacent to an activating group) is 1. The van der Waals surface area contributed by atoms with Crippen molar-refractivity contribution in [2.75, 3.05) is 19.6 Å². The molecule has 0 aliphatic rings. The van der Waals surface area contributed by atoms with Crippen LogP contribution in [0.4, 0.5) is 0 Å². The first kappa shape index (κ1) is 18.4. The lowest BCUT2D eigenvalue weighted by Crippen LogP contribution is -2.31. The van der Waals surface area contributed by atoms with Crippen molar-refractivity contribution in [3.8, 4) is 0 Å². The number of amides is 1. The third-order valence-electron chi connectivity index (χ3n) is 2.74. The molecule has 1 aromatic rings. The molecule has 5 heteroatoms. The lowest BCUT2D eigenvalue weighted by Gasteiger charge is -2.06. The summed E-state index contributed by atoms with van der Waals surface area (Å²) in [7, 11) is 0. The van der Waals surface area contributed by atoms with E-state index < -0.39 is 0 Å². The van der Waals surface area contributed by atoms with Crippen molar-refractivity contribution in [3.63, 3.8) is 0 Å². The Hall–Kier alpha value is -0.580. The van der Waals surface area contributed by atoms with Crippen LogP contribution in [0.3, 0.4) is 0 Å². The van der Waals surface area contributed by atoms with Gasteiger partial charge in [-0.25, -0.2) is 0 Å². The number of benzene rings is 1. The van der Waals surface area contributed by atoms with Gasteiger partial charge in [0.05, 0.1) is 0 Å². The monoisotopic (exact) mass is 348 g/mol. The fraction of sp³-hybridized carbons (Fsp3) is 0.500. The predicted molar refractivity (Wildman–Crippen MR) is 86.0 cm³/mol. The summed E-state index contributed by atoms with van der Waals surface area (Å²) in [6, 6.07) is 6.22. The smallest absolute Gasteiger partial charge is 0.220 e. The highest BCUT2D eigenvalue weighted by Gasteiger charge is 2.02. The van der Waals surface area contributed by atoms with Crippen LogP contribution in [-0.2, 0) is 11.2 Å². The van der Waals surface area contributed by atoms with Gasteiger partial charge in [-0.3, -0.25) is 4.79 Å². The van der Waals surface area contributed by atoms with E-state index in [-0.39, 0.29) is 18.3 Å². The molecule has 19 heavy (non-hydrogen) atoms. The second-order valence-corrected chi connectivity index (χ2v) is 5.14. The van der Waals surface area contributed by atoms with E-state index in [2.05, 4.69) is 52.5 Å². The molecule has 1 amide bonds. The van der Waals surface area contributed by atoms with Crippen molar-refractivity contribution in [2.45, 2.75) is 26.7 Å². The van der Waals surface area contributed by atoms with Crippen LogP contribution in [0.5, 0.6) is 0 Å². The van der Waals surface area contributed by atoms with Crippen molar-refractivity contribution in [2.24, 2.45) is 0 Å². The largest absolute Gasteiger partial charge is 0.355 e. The van der Waals surface area contributed by atoms with Crippen LogP contribution in [-0.4, -0.2) is 25.5 Å². The number of halogens is 2. The Morgan fingerprint density at radius 1 is 1.32 bits per heavy atom. The van der Waals surface area contributed by atoms with Gasteiger partial charge in [0.25, 0.3) is 0 Å². The average molecular weight is 350 g/mol. The van der Waals surface area contributed by atoms with Gasteiger partial charge < -0.3 is 10.6 Å². The number of carbonyl (C=O) groups is 1. The molecule has 0 bridgehead atoms. The maximum atomic E-state index is 11.6. The molecule has 0 aliphatic carbocycles. The Kier molecular flexibility index (Phi) is 9.92. The minimum atomic E-state index is 0. The summed E-state index contributed by atoms with van der Waals surface area (Å²) < 4.78 is 1.11. The van der Waals surface area contributed by atoms with E-state index in [1.54, 1.807) is 0 Å². The van der Waals surface area contributed by atoms with Gasteiger partial charge in [-0.05, 0) is 37.1 Å². The molecular formula is C14H22BrClN2O. The molecule has 3 nitrogen and oxygen atoms in total. The molecule has 1 rings (SSSR count). The summed E-state index contributed by atoms with van der Waals surface area (Å²) in [6.07, 6.45) is 1.34. The van der Waals surface area contributed by atoms with Gasteiger partial charge >= 0.3 is 0 Å². The molecule has 0 aromatic heterocycles. The highest BCUT2D eigenvalue weighted by atomic mass is 79.9. The Bertz CT molecular complexity index is 399. The second kappa shape index (κ2) is 10.2. The summed E-state index contributed by atoms with van der Waals surface area (Å²) in [5.41, 5.74) is 2.41. The van der Waals surface area contributed by atoms with Crippen LogP contribution in [0.15, 0.2) is 22.7 Å². The lowest BCUT2D eigenvalue weighted by molar-refractivity contribution is -0.121. The normalized spacial score (nSPS) is 9.84. The van der Waals surface area contributed by atoms with Crippen LogP contribution in [0.25, 0.3) is 0 Å². The molecular weight excluding hydrogens is 328 g/mol. The maximum absolute atomic E-state index is 11.6. The summed E-state index contributed by atoms with van der Waals surface area (Å²) >= 11 is 3.47. The Morgan fingerprint density at radius 2 is 2.05 bits per heavy atom. The van der Waals surface area contributed by atoms with Crippen molar-refractivity contribution in [1.82, 2.24) is 10.6 Å². The van der Waals surface area contributed by atoms with E-state index in [9.17, 15) is 4.79 Å². The van der Waals surface area contributed by atoms with Crippen molar-refractivity contribution >= 4 is 34.2 Å². The van der Waals surface area contributed by atoms with Crippen molar-refractivity contribution in [3.05, 3.63) is 33.8 Å². The topological polar surface area (TPSA) is 41.1 Å².